The minimum atomic E-state index is -0.682. The molecule has 11 heteroatoms. The number of nitrogens with one attached hydrogen (secondary N) is 3. The lowest BCUT2D eigenvalue weighted by Gasteiger charge is -2.27. The molecule has 2 aromatic heterocycles. The van der Waals surface area contributed by atoms with Gasteiger partial charge in [-0.15, -0.1) is 0 Å². The molecule has 1 aliphatic rings. The van der Waals surface area contributed by atoms with Crippen LogP contribution in [0.2, 0.25) is 0 Å². The van der Waals surface area contributed by atoms with Crippen molar-refractivity contribution in [1.82, 2.24) is 15.3 Å². The first-order valence-electron chi connectivity index (χ1n) is 13.1. The number of hydrogen-bond acceptors (Lipinski definition) is 9. The highest BCUT2D eigenvalue weighted by Gasteiger charge is 2.20. The second-order valence-corrected chi connectivity index (χ2v) is 10.4. The minimum Gasteiger partial charge on any atom is -0.444 e. The zero-order valence-corrected chi connectivity index (χ0v) is 22.9. The number of hydrogen-bond donors (Lipinski definition) is 3. The maximum absolute atomic E-state index is 15.1. The van der Waals surface area contributed by atoms with Crippen molar-refractivity contribution >= 4 is 29.2 Å². The fraction of sp³-hybridized carbons (Fsp3) is 0.379. The number of carbonyl (C=O) groups excluding carboxylic acids is 1. The molecule has 3 aromatic rings. The number of halogens is 1. The molecule has 10 nitrogen and oxygen atoms in total. The Labute approximate surface area is 233 Å². The van der Waals surface area contributed by atoms with Crippen LogP contribution in [0.25, 0.3) is 0 Å². The van der Waals surface area contributed by atoms with Gasteiger partial charge in [-0.1, -0.05) is 30.3 Å². The fourth-order valence-electron chi connectivity index (χ4n) is 4.13. The summed E-state index contributed by atoms with van der Waals surface area (Å²) in [4.78, 5) is 23.3. The van der Waals surface area contributed by atoms with Crippen LogP contribution in [0.3, 0.4) is 0 Å². The summed E-state index contributed by atoms with van der Waals surface area (Å²) in [5.74, 6) is 0.278. The Morgan fingerprint density at radius 2 is 1.93 bits per heavy atom. The van der Waals surface area contributed by atoms with Gasteiger partial charge in [-0.05, 0) is 51.0 Å². The van der Waals surface area contributed by atoms with Gasteiger partial charge in [0.05, 0.1) is 30.7 Å². The zero-order valence-electron chi connectivity index (χ0n) is 22.9. The molecular formula is C29H34FN7O3. The molecule has 1 aliphatic heterocycles. The van der Waals surface area contributed by atoms with Crippen LogP contribution >= 0.6 is 0 Å². The second-order valence-electron chi connectivity index (χ2n) is 10.4. The third-order valence-electron chi connectivity index (χ3n) is 6.00. The van der Waals surface area contributed by atoms with Crippen molar-refractivity contribution < 1.29 is 18.7 Å². The monoisotopic (exact) mass is 547 g/mol. The maximum atomic E-state index is 15.1. The lowest BCUT2D eigenvalue weighted by Crippen LogP contribution is -2.40. The number of anilines is 4. The minimum absolute atomic E-state index is 0.0480. The van der Waals surface area contributed by atoms with E-state index in [1.807, 2.05) is 48.5 Å². The Kier molecular flexibility index (Phi) is 9.35. The molecule has 210 valence electrons. The number of aromatic nitrogens is 2. The summed E-state index contributed by atoms with van der Waals surface area (Å²) in [5.41, 5.74) is 0.992. The van der Waals surface area contributed by atoms with E-state index in [2.05, 4.69) is 30.8 Å². The average molecular weight is 548 g/mol. The van der Waals surface area contributed by atoms with Crippen molar-refractivity contribution in [2.45, 2.75) is 38.8 Å². The molecule has 1 fully saturated rings. The highest BCUT2D eigenvalue weighted by Crippen LogP contribution is 2.25. The summed E-state index contributed by atoms with van der Waals surface area (Å²) in [5, 5.41) is 18.6. The average Bonchev–Trinajstić information content (AvgIpc) is 2.94. The molecule has 4 rings (SSSR count). The Bertz CT molecular complexity index is 1320. The van der Waals surface area contributed by atoms with E-state index in [0.29, 0.717) is 25.3 Å². The molecular weight excluding hydrogens is 513 g/mol. The number of morpholine rings is 1. The normalized spacial score (nSPS) is 14.1. The van der Waals surface area contributed by atoms with Gasteiger partial charge in [-0.2, -0.15) is 5.26 Å². The van der Waals surface area contributed by atoms with E-state index < -0.39 is 23.6 Å². The van der Waals surface area contributed by atoms with Crippen molar-refractivity contribution in [3.8, 4) is 6.07 Å². The van der Waals surface area contributed by atoms with E-state index in [9.17, 15) is 10.1 Å². The van der Waals surface area contributed by atoms with Crippen LogP contribution < -0.4 is 20.9 Å². The third kappa shape index (κ3) is 8.28. The van der Waals surface area contributed by atoms with Crippen molar-refractivity contribution in [2.75, 3.05) is 48.4 Å². The fourth-order valence-corrected chi connectivity index (χ4v) is 4.13. The Morgan fingerprint density at radius 1 is 1.18 bits per heavy atom. The van der Waals surface area contributed by atoms with Gasteiger partial charge in [0.2, 0.25) is 0 Å². The van der Waals surface area contributed by atoms with Gasteiger partial charge in [-0.3, -0.25) is 0 Å². The summed E-state index contributed by atoms with van der Waals surface area (Å²) < 4.78 is 25.8. The van der Waals surface area contributed by atoms with Crippen LogP contribution in [0, 0.1) is 17.1 Å². The van der Waals surface area contributed by atoms with E-state index in [1.54, 1.807) is 27.0 Å². The topological polar surface area (TPSA) is 124 Å². The lowest BCUT2D eigenvalue weighted by atomic mass is 10.1. The highest BCUT2D eigenvalue weighted by molar-refractivity contribution is 5.68. The summed E-state index contributed by atoms with van der Waals surface area (Å²) in [6.45, 7) is 8.33. The summed E-state index contributed by atoms with van der Waals surface area (Å²) in [6, 6.07) is 16.0. The van der Waals surface area contributed by atoms with Crippen LogP contribution in [0.5, 0.6) is 0 Å². The summed E-state index contributed by atoms with van der Waals surface area (Å²) in [6.07, 6.45) is 1.55. The molecule has 3 N–H and O–H groups in total. The van der Waals surface area contributed by atoms with E-state index in [-0.39, 0.29) is 23.7 Å². The molecule has 0 aliphatic carbocycles. The number of pyridine rings is 2. The molecule has 1 atom stereocenters. The number of amides is 1. The van der Waals surface area contributed by atoms with Crippen LogP contribution in [0.1, 0.15) is 31.9 Å². The van der Waals surface area contributed by atoms with E-state index in [0.717, 1.165) is 30.5 Å². The molecule has 1 amide bonds. The number of alkyl carbamates (subject to hydrolysis) is 1. The van der Waals surface area contributed by atoms with Crippen LogP contribution in [0.15, 0.2) is 54.7 Å². The standard InChI is InChI=1S/C29H34FN7O3/c1-29(2,3)40-28(38)33-19-23(15-20-7-5-4-6-8-20)35-27-24(30)16-21(17-31)26(36-27)34-22-9-10-25(32-18-22)37-11-13-39-14-12-37/h4-10,16,18,23H,11-15,19H2,1-3H3,(H,33,38)(H2,34,35,36)/t23-/m1/s1. The van der Waals surface area contributed by atoms with E-state index in [4.69, 9.17) is 9.47 Å². The Hall–Kier alpha value is -4.43. The molecule has 0 bridgehead atoms. The molecule has 40 heavy (non-hydrogen) atoms. The Balaban J connectivity index is 1.52. The molecule has 0 spiro atoms. The van der Waals surface area contributed by atoms with Crippen LogP contribution in [-0.4, -0.2) is 60.6 Å². The smallest absolute Gasteiger partial charge is 0.407 e. The van der Waals surface area contributed by atoms with Crippen LogP contribution in [0.4, 0.5) is 32.3 Å². The summed E-state index contributed by atoms with van der Waals surface area (Å²) in [7, 11) is 0. The number of nitrogens with zero attached hydrogens (tertiary/aromatic N) is 4. The second kappa shape index (κ2) is 13.1. The number of carbonyl (C=O) groups is 1. The molecule has 0 saturated carbocycles. The SMILES string of the molecule is CC(C)(C)OC(=O)NC[C@@H](Cc1ccccc1)Nc1nc(Nc2ccc(N3CCOCC3)nc2)c(C#N)cc1F. The molecule has 1 aromatic carbocycles. The summed E-state index contributed by atoms with van der Waals surface area (Å²) >= 11 is 0. The molecule has 0 radical (unpaired) electrons. The van der Waals surface area contributed by atoms with Gasteiger partial charge >= 0.3 is 6.09 Å². The van der Waals surface area contributed by atoms with Gasteiger partial charge in [0, 0.05) is 25.7 Å². The maximum Gasteiger partial charge on any atom is 0.407 e. The van der Waals surface area contributed by atoms with Crippen molar-refractivity contribution in [3.05, 3.63) is 71.7 Å². The lowest BCUT2D eigenvalue weighted by molar-refractivity contribution is 0.0525. The predicted octanol–water partition coefficient (Wildman–Crippen LogP) is 4.62. The Morgan fingerprint density at radius 3 is 2.58 bits per heavy atom. The third-order valence-corrected chi connectivity index (χ3v) is 6.00. The predicted molar refractivity (Wildman–Crippen MR) is 151 cm³/mol. The van der Waals surface area contributed by atoms with Crippen molar-refractivity contribution in [1.29, 1.82) is 5.26 Å². The van der Waals surface area contributed by atoms with Crippen molar-refractivity contribution in [3.63, 3.8) is 0 Å². The first-order valence-corrected chi connectivity index (χ1v) is 13.1. The number of benzene rings is 1. The first-order chi connectivity index (χ1) is 19.2. The largest absolute Gasteiger partial charge is 0.444 e. The first kappa shape index (κ1) is 28.6. The number of nitriles is 1. The van der Waals surface area contributed by atoms with Gasteiger partial charge < -0.3 is 30.3 Å². The van der Waals surface area contributed by atoms with E-state index in [1.165, 1.54) is 0 Å². The molecule has 3 heterocycles. The highest BCUT2D eigenvalue weighted by atomic mass is 19.1. The number of ether oxygens (including phenoxy) is 2. The quantitative estimate of drug-likeness (QED) is 0.352. The van der Waals surface area contributed by atoms with Gasteiger partial charge in [0.25, 0.3) is 0 Å². The van der Waals surface area contributed by atoms with Crippen LogP contribution in [-0.2, 0) is 15.9 Å². The zero-order chi connectivity index (χ0) is 28.5. The van der Waals surface area contributed by atoms with Gasteiger partial charge in [-0.25, -0.2) is 19.2 Å². The van der Waals surface area contributed by atoms with E-state index >= 15 is 4.39 Å². The van der Waals surface area contributed by atoms with Crippen molar-refractivity contribution in [2.24, 2.45) is 0 Å². The number of rotatable bonds is 9. The molecule has 0 unspecified atom stereocenters. The van der Waals surface area contributed by atoms with Gasteiger partial charge in [0.15, 0.2) is 17.5 Å². The molecule has 1 saturated heterocycles. The van der Waals surface area contributed by atoms with Gasteiger partial charge in [0.1, 0.15) is 17.5 Å².